The van der Waals surface area contributed by atoms with Crippen molar-refractivity contribution in [3.8, 4) is 10.6 Å². The molecule has 1 atom stereocenters. The average Bonchev–Trinajstić information content (AvgIpc) is 3.17. The Kier molecular flexibility index (Phi) is 4.00. The molecule has 0 bridgehead atoms. The van der Waals surface area contributed by atoms with Crippen LogP contribution in [0, 0.1) is 0 Å². The molecule has 0 spiro atoms. The molecule has 6 nitrogen and oxygen atoms in total. The minimum atomic E-state index is -1.05. The van der Waals surface area contributed by atoms with Crippen LogP contribution in [0.2, 0.25) is 0 Å². The second-order valence-electron chi connectivity index (χ2n) is 4.49. The first kappa shape index (κ1) is 14.2. The van der Waals surface area contributed by atoms with Crippen LogP contribution in [0.3, 0.4) is 0 Å². The maximum atomic E-state index is 12.4. The number of morpholine rings is 1. The molecule has 8 heteroatoms. The van der Waals surface area contributed by atoms with Crippen molar-refractivity contribution in [1.29, 1.82) is 0 Å². The molecule has 1 saturated heterocycles. The normalized spacial score (nSPS) is 18.7. The number of nitrogens with zero attached hydrogens (tertiary/aromatic N) is 2. The number of rotatable bonds is 3. The molecule has 110 valence electrons. The van der Waals surface area contributed by atoms with Crippen LogP contribution in [0.5, 0.6) is 0 Å². The number of carbonyl (C=O) groups is 2. The van der Waals surface area contributed by atoms with E-state index in [1.165, 1.54) is 16.2 Å². The van der Waals surface area contributed by atoms with Gasteiger partial charge in [-0.3, -0.25) is 4.79 Å². The summed E-state index contributed by atoms with van der Waals surface area (Å²) >= 11 is 2.89. The molecule has 21 heavy (non-hydrogen) atoms. The third-order valence-electron chi connectivity index (χ3n) is 3.11. The van der Waals surface area contributed by atoms with Gasteiger partial charge in [0.1, 0.15) is 9.88 Å². The van der Waals surface area contributed by atoms with E-state index >= 15 is 0 Å². The first-order valence-electron chi connectivity index (χ1n) is 6.27. The lowest BCUT2D eigenvalue weighted by atomic mass is 10.2. The van der Waals surface area contributed by atoms with Gasteiger partial charge in [-0.1, -0.05) is 0 Å². The smallest absolute Gasteiger partial charge is 0.334 e. The number of thiophene rings is 1. The minimum Gasteiger partial charge on any atom is -0.479 e. The van der Waals surface area contributed by atoms with Crippen molar-refractivity contribution in [3.63, 3.8) is 0 Å². The zero-order valence-corrected chi connectivity index (χ0v) is 12.5. The fourth-order valence-electron chi connectivity index (χ4n) is 2.03. The maximum absolute atomic E-state index is 12.4. The number of amides is 1. The lowest BCUT2D eigenvalue weighted by Gasteiger charge is -2.30. The van der Waals surface area contributed by atoms with E-state index in [0.29, 0.717) is 11.4 Å². The summed E-state index contributed by atoms with van der Waals surface area (Å²) in [4.78, 5) is 29.6. The van der Waals surface area contributed by atoms with Crippen molar-refractivity contribution in [3.05, 3.63) is 27.9 Å². The molecule has 0 unspecified atom stereocenters. The highest BCUT2D eigenvalue weighted by atomic mass is 32.1. The van der Waals surface area contributed by atoms with Gasteiger partial charge in [0.15, 0.2) is 6.10 Å². The second kappa shape index (κ2) is 5.92. The van der Waals surface area contributed by atoms with Gasteiger partial charge in [-0.05, 0) is 11.4 Å². The molecule has 1 aliphatic heterocycles. The topological polar surface area (TPSA) is 79.7 Å². The Hall–Kier alpha value is -1.77. The Morgan fingerprint density at radius 2 is 2.33 bits per heavy atom. The first-order chi connectivity index (χ1) is 10.1. The molecule has 0 saturated carbocycles. The van der Waals surface area contributed by atoms with Gasteiger partial charge in [0.25, 0.3) is 5.91 Å². The third-order valence-corrected chi connectivity index (χ3v) is 4.83. The lowest BCUT2D eigenvalue weighted by Crippen LogP contribution is -2.48. The standard InChI is InChI=1S/C13H12N2O4S2/c16-12(15-2-3-19-9(6-15)13(17)18)10-5-14-11(21-10)8-1-4-20-7-8/h1,4-5,7,9H,2-3,6H2,(H,17,18)/t9-/m1/s1. The molecule has 2 aromatic heterocycles. The number of aromatic nitrogens is 1. The van der Waals surface area contributed by atoms with Gasteiger partial charge in [0.2, 0.25) is 0 Å². The zero-order valence-electron chi connectivity index (χ0n) is 10.9. The molecule has 0 radical (unpaired) electrons. The number of aliphatic carboxylic acids is 1. The number of carbonyl (C=O) groups excluding carboxylic acids is 1. The third kappa shape index (κ3) is 2.97. The number of thiazole rings is 1. The van der Waals surface area contributed by atoms with Crippen LogP contribution in [0.25, 0.3) is 10.6 Å². The summed E-state index contributed by atoms with van der Waals surface area (Å²) < 4.78 is 5.12. The number of hydrogen-bond donors (Lipinski definition) is 1. The largest absolute Gasteiger partial charge is 0.479 e. The molecule has 2 aromatic rings. The molecule has 1 fully saturated rings. The van der Waals surface area contributed by atoms with Gasteiger partial charge in [-0.15, -0.1) is 11.3 Å². The fourth-order valence-corrected chi connectivity index (χ4v) is 3.63. The van der Waals surface area contributed by atoms with Gasteiger partial charge in [-0.25, -0.2) is 9.78 Å². The SMILES string of the molecule is O=C(O)[C@H]1CN(C(=O)c2cnc(-c3ccsc3)s2)CCO1. The summed E-state index contributed by atoms with van der Waals surface area (Å²) in [5.74, 6) is -1.24. The number of ether oxygens (including phenoxy) is 1. The van der Waals surface area contributed by atoms with Crippen LogP contribution in [0.4, 0.5) is 0 Å². The van der Waals surface area contributed by atoms with E-state index in [4.69, 9.17) is 9.84 Å². The van der Waals surface area contributed by atoms with Crippen molar-refractivity contribution in [2.75, 3.05) is 19.7 Å². The van der Waals surface area contributed by atoms with E-state index in [0.717, 1.165) is 10.6 Å². The van der Waals surface area contributed by atoms with Crippen molar-refractivity contribution in [2.24, 2.45) is 0 Å². The van der Waals surface area contributed by atoms with Crippen molar-refractivity contribution >= 4 is 34.6 Å². The Morgan fingerprint density at radius 1 is 1.48 bits per heavy atom. The molecule has 1 N–H and O–H groups in total. The Morgan fingerprint density at radius 3 is 3.05 bits per heavy atom. The second-order valence-corrected chi connectivity index (χ2v) is 6.30. The zero-order chi connectivity index (χ0) is 14.8. The van der Waals surface area contributed by atoms with Gasteiger partial charge in [0, 0.05) is 17.5 Å². The maximum Gasteiger partial charge on any atom is 0.334 e. The lowest BCUT2D eigenvalue weighted by molar-refractivity contribution is -0.154. The summed E-state index contributed by atoms with van der Waals surface area (Å²) in [7, 11) is 0. The van der Waals surface area contributed by atoms with E-state index in [-0.39, 0.29) is 19.1 Å². The van der Waals surface area contributed by atoms with Crippen molar-refractivity contribution in [2.45, 2.75) is 6.10 Å². The van der Waals surface area contributed by atoms with Crippen molar-refractivity contribution < 1.29 is 19.4 Å². The molecule has 0 aromatic carbocycles. The predicted molar refractivity (Wildman–Crippen MR) is 78.7 cm³/mol. The minimum absolute atomic E-state index is 0.0693. The highest BCUT2D eigenvalue weighted by molar-refractivity contribution is 7.17. The number of carboxylic acids is 1. The summed E-state index contributed by atoms with van der Waals surface area (Å²) in [5, 5.41) is 13.7. The van der Waals surface area contributed by atoms with Crippen LogP contribution in [0.1, 0.15) is 9.67 Å². The molecule has 0 aliphatic carbocycles. The van der Waals surface area contributed by atoms with Gasteiger partial charge >= 0.3 is 5.97 Å². The highest BCUT2D eigenvalue weighted by Gasteiger charge is 2.30. The monoisotopic (exact) mass is 324 g/mol. The van der Waals surface area contributed by atoms with Crippen LogP contribution in [-0.4, -0.2) is 52.7 Å². The van der Waals surface area contributed by atoms with Crippen LogP contribution in [-0.2, 0) is 9.53 Å². The van der Waals surface area contributed by atoms with E-state index in [1.54, 1.807) is 17.5 Å². The molecular formula is C13H12N2O4S2. The quantitative estimate of drug-likeness (QED) is 0.931. The first-order valence-corrected chi connectivity index (χ1v) is 8.03. The molecular weight excluding hydrogens is 312 g/mol. The fraction of sp³-hybridized carbons (Fsp3) is 0.308. The Labute approximate surface area is 128 Å². The number of carboxylic acid groups (broad SMARTS) is 1. The summed E-state index contributed by atoms with van der Waals surface area (Å²) in [6.45, 7) is 0.701. The summed E-state index contributed by atoms with van der Waals surface area (Å²) in [6.07, 6.45) is 0.595. The Balaban J connectivity index is 1.74. The predicted octanol–water partition coefficient (Wildman–Crippen LogP) is 1.80. The summed E-state index contributed by atoms with van der Waals surface area (Å²) in [6, 6.07) is 1.95. The Bertz CT molecular complexity index is 653. The van der Waals surface area contributed by atoms with E-state index in [2.05, 4.69) is 4.98 Å². The van der Waals surface area contributed by atoms with Crippen LogP contribution >= 0.6 is 22.7 Å². The van der Waals surface area contributed by atoms with E-state index in [9.17, 15) is 9.59 Å². The van der Waals surface area contributed by atoms with E-state index in [1.807, 2.05) is 16.8 Å². The molecule has 1 aliphatic rings. The molecule has 1 amide bonds. The summed E-state index contributed by atoms with van der Waals surface area (Å²) in [5.41, 5.74) is 0.995. The highest BCUT2D eigenvalue weighted by Crippen LogP contribution is 2.27. The molecule has 3 rings (SSSR count). The van der Waals surface area contributed by atoms with Gasteiger partial charge in [0.05, 0.1) is 19.3 Å². The van der Waals surface area contributed by atoms with Crippen LogP contribution in [0.15, 0.2) is 23.0 Å². The van der Waals surface area contributed by atoms with Gasteiger partial charge in [-0.2, -0.15) is 11.3 Å². The van der Waals surface area contributed by atoms with Gasteiger partial charge < -0.3 is 14.7 Å². The van der Waals surface area contributed by atoms with Crippen molar-refractivity contribution in [1.82, 2.24) is 9.88 Å². The van der Waals surface area contributed by atoms with Crippen LogP contribution < -0.4 is 0 Å². The molecule has 3 heterocycles. The number of hydrogen-bond acceptors (Lipinski definition) is 6. The average molecular weight is 324 g/mol. The van der Waals surface area contributed by atoms with E-state index < -0.39 is 12.1 Å².